The molecule has 0 radical (unpaired) electrons. The second-order valence-electron chi connectivity index (χ2n) is 2.88. The highest BCUT2D eigenvalue weighted by molar-refractivity contribution is 5.81. The molecular formula is C7H10N4O2. The second-order valence-corrected chi connectivity index (χ2v) is 2.88. The molecule has 1 amide bonds. The van der Waals surface area contributed by atoms with Crippen molar-refractivity contribution in [2.75, 3.05) is 24.5 Å². The number of piperazine rings is 1. The predicted molar refractivity (Wildman–Crippen MR) is 44.3 cm³/mol. The van der Waals surface area contributed by atoms with Gasteiger partial charge in [0.1, 0.15) is 6.54 Å². The molecule has 6 nitrogen and oxygen atoms in total. The maximum absolute atomic E-state index is 11.0. The van der Waals surface area contributed by atoms with Gasteiger partial charge in [0.15, 0.2) is 0 Å². The lowest BCUT2D eigenvalue weighted by atomic mass is 10.4. The van der Waals surface area contributed by atoms with Crippen molar-refractivity contribution in [1.29, 1.82) is 0 Å². The smallest absolute Gasteiger partial charge is 0.318 e. The van der Waals surface area contributed by atoms with Gasteiger partial charge in [0.05, 0.1) is 0 Å². The highest BCUT2D eigenvalue weighted by atomic mass is 16.4. The van der Waals surface area contributed by atoms with Crippen molar-refractivity contribution in [1.82, 2.24) is 15.5 Å². The molecule has 0 spiro atoms. The van der Waals surface area contributed by atoms with Crippen molar-refractivity contribution in [3.8, 4) is 0 Å². The molecule has 1 saturated heterocycles. The van der Waals surface area contributed by atoms with Crippen LogP contribution in [0.25, 0.3) is 0 Å². The number of nitrogens with zero attached hydrogens (tertiary/aromatic N) is 3. The molecule has 1 fully saturated rings. The van der Waals surface area contributed by atoms with Gasteiger partial charge >= 0.3 is 6.01 Å². The Hall–Kier alpha value is -1.59. The highest BCUT2D eigenvalue weighted by Gasteiger charge is 2.20. The molecule has 1 aliphatic heterocycles. The molecular weight excluding hydrogens is 172 g/mol. The fourth-order valence-corrected chi connectivity index (χ4v) is 1.22. The van der Waals surface area contributed by atoms with Crippen LogP contribution in [0.2, 0.25) is 0 Å². The maximum atomic E-state index is 11.0. The Morgan fingerprint density at radius 1 is 1.54 bits per heavy atom. The summed E-state index contributed by atoms with van der Waals surface area (Å²) in [6.45, 7) is 3.36. The predicted octanol–water partition coefficient (Wildman–Crippen LogP) is -0.686. The Labute approximate surface area is 74.9 Å². The van der Waals surface area contributed by atoms with Crippen LogP contribution >= 0.6 is 0 Å². The van der Waals surface area contributed by atoms with E-state index in [0.717, 1.165) is 0 Å². The molecule has 0 atom stereocenters. The van der Waals surface area contributed by atoms with Gasteiger partial charge in [-0.15, -0.1) is 5.10 Å². The average Bonchev–Trinajstić information content (AvgIpc) is 2.52. The third-order valence-corrected chi connectivity index (χ3v) is 1.82. The number of carbonyl (C=O) groups is 1. The van der Waals surface area contributed by atoms with Crippen LogP contribution in [0.4, 0.5) is 6.01 Å². The van der Waals surface area contributed by atoms with Crippen LogP contribution < -0.4 is 10.2 Å². The van der Waals surface area contributed by atoms with Crippen LogP contribution in [0.5, 0.6) is 0 Å². The van der Waals surface area contributed by atoms with Gasteiger partial charge in [-0.2, -0.15) is 0 Å². The molecule has 0 saturated carbocycles. The van der Waals surface area contributed by atoms with E-state index >= 15 is 0 Å². The van der Waals surface area contributed by atoms with E-state index in [4.69, 9.17) is 4.42 Å². The lowest BCUT2D eigenvalue weighted by Gasteiger charge is -2.24. The second kappa shape index (κ2) is 3.04. The van der Waals surface area contributed by atoms with E-state index in [1.807, 2.05) is 0 Å². The van der Waals surface area contributed by atoms with Gasteiger partial charge in [-0.25, -0.2) is 0 Å². The van der Waals surface area contributed by atoms with E-state index in [-0.39, 0.29) is 5.91 Å². The first kappa shape index (κ1) is 8.03. The van der Waals surface area contributed by atoms with Crippen molar-refractivity contribution in [2.24, 2.45) is 0 Å². The molecule has 1 N–H and O–H groups in total. The first-order valence-electron chi connectivity index (χ1n) is 4.07. The summed E-state index contributed by atoms with van der Waals surface area (Å²) in [5.41, 5.74) is 0. The molecule has 2 rings (SSSR count). The monoisotopic (exact) mass is 182 g/mol. The molecule has 0 bridgehead atoms. The molecule has 0 aliphatic carbocycles. The number of aromatic nitrogens is 2. The summed E-state index contributed by atoms with van der Waals surface area (Å²) in [5, 5.41) is 10.2. The van der Waals surface area contributed by atoms with Crippen LogP contribution in [0.1, 0.15) is 5.89 Å². The van der Waals surface area contributed by atoms with E-state index in [0.29, 0.717) is 31.5 Å². The lowest BCUT2D eigenvalue weighted by molar-refractivity contribution is -0.120. The van der Waals surface area contributed by atoms with Gasteiger partial charge in [0.25, 0.3) is 0 Å². The third-order valence-electron chi connectivity index (χ3n) is 1.82. The average molecular weight is 182 g/mol. The van der Waals surface area contributed by atoms with Crippen molar-refractivity contribution in [3.05, 3.63) is 5.89 Å². The summed E-state index contributed by atoms with van der Waals surface area (Å²) < 4.78 is 5.20. The standard InChI is InChI=1S/C7H10N4O2/c1-5-9-10-7(13-5)11-3-2-8-6(12)4-11/h2-4H2,1H3,(H,8,12). The van der Waals surface area contributed by atoms with Gasteiger partial charge < -0.3 is 14.6 Å². The van der Waals surface area contributed by atoms with Crippen LogP contribution in [-0.2, 0) is 4.79 Å². The SMILES string of the molecule is Cc1nnc(N2CCNC(=O)C2)o1. The summed E-state index contributed by atoms with van der Waals surface area (Å²) in [6, 6.07) is 0.423. The topological polar surface area (TPSA) is 71.3 Å². The van der Waals surface area contributed by atoms with Crippen molar-refractivity contribution in [2.45, 2.75) is 6.92 Å². The van der Waals surface area contributed by atoms with Crippen LogP contribution in [0.3, 0.4) is 0 Å². The Bertz CT molecular complexity index is 322. The fourth-order valence-electron chi connectivity index (χ4n) is 1.22. The van der Waals surface area contributed by atoms with Gasteiger partial charge in [0.2, 0.25) is 11.8 Å². The normalized spacial score (nSPS) is 17.3. The van der Waals surface area contributed by atoms with Gasteiger partial charge in [0, 0.05) is 20.0 Å². The highest BCUT2D eigenvalue weighted by Crippen LogP contribution is 2.11. The van der Waals surface area contributed by atoms with Crippen molar-refractivity contribution in [3.63, 3.8) is 0 Å². The first-order chi connectivity index (χ1) is 6.25. The fraction of sp³-hybridized carbons (Fsp3) is 0.571. The quantitative estimate of drug-likeness (QED) is 0.622. The summed E-state index contributed by atoms with van der Waals surface area (Å²) in [5.74, 6) is 0.503. The van der Waals surface area contributed by atoms with E-state index in [1.54, 1.807) is 11.8 Å². The Kier molecular flexibility index (Phi) is 1.88. The molecule has 0 unspecified atom stereocenters. The summed E-state index contributed by atoms with van der Waals surface area (Å²) >= 11 is 0. The minimum Gasteiger partial charge on any atom is -0.408 e. The number of hydrogen-bond donors (Lipinski definition) is 1. The zero-order chi connectivity index (χ0) is 9.26. The number of nitrogens with one attached hydrogen (secondary N) is 1. The number of carbonyl (C=O) groups excluding carboxylic acids is 1. The Morgan fingerprint density at radius 2 is 2.38 bits per heavy atom. The molecule has 70 valence electrons. The molecule has 0 aromatic carbocycles. The molecule has 2 heterocycles. The third kappa shape index (κ3) is 1.61. The zero-order valence-corrected chi connectivity index (χ0v) is 7.28. The first-order valence-corrected chi connectivity index (χ1v) is 4.07. The van der Waals surface area contributed by atoms with E-state index in [9.17, 15) is 4.79 Å². The Morgan fingerprint density at radius 3 is 3.00 bits per heavy atom. The van der Waals surface area contributed by atoms with Crippen LogP contribution in [0, 0.1) is 6.92 Å². The molecule has 1 aromatic heterocycles. The molecule has 6 heteroatoms. The van der Waals surface area contributed by atoms with Crippen LogP contribution in [-0.4, -0.2) is 35.7 Å². The Balaban J connectivity index is 2.12. The zero-order valence-electron chi connectivity index (χ0n) is 7.28. The van der Waals surface area contributed by atoms with Crippen molar-refractivity contribution < 1.29 is 9.21 Å². The van der Waals surface area contributed by atoms with Gasteiger partial charge in [-0.3, -0.25) is 4.79 Å². The van der Waals surface area contributed by atoms with Crippen LogP contribution in [0.15, 0.2) is 4.42 Å². The lowest BCUT2D eigenvalue weighted by Crippen LogP contribution is -2.47. The molecule has 13 heavy (non-hydrogen) atoms. The largest absolute Gasteiger partial charge is 0.408 e. The number of aryl methyl sites for hydroxylation is 1. The van der Waals surface area contributed by atoms with E-state index in [2.05, 4.69) is 15.5 Å². The molecule has 1 aliphatic rings. The van der Waals surface area contributed by atoms with Gasteiger partial charge in [-0.05, 0) is 0 Å². The molecule has 1 aromatic rings. The maximum Gasteiger partial charge on any atom is 0.318 e. The number of rotatable bonds is 1. The summed E-state index contributed by atoms with van der Waals surface area (Å²) in [4.78, 5) is 12.8. The number of amides is 1. The van der Waals surface area contributed by atoms with Gasteiger partial charge in [-0.1, -0.05) is 5.10 Å². The van der Waals surface area contributed by atoms with E-state index < -0.39 is 0 Å². The summed E-state index contributed by atoms with van der Waals surface area (Å²) in [6.07, 6.45) is 0. The minimum atomic E-state index is -0.0119. The number of hydrogen-bond acceptors (Lipinski definition) is 5. The number of anilines is 1. The summed E-state index contributed by atoms with van der Waals surface area (Å²) in [7, 11) is 0. The van der Waals surface area contributed by atoms with Crippen molar-refractivity contribution >= 4 is 11.9 Å². The van der Waals surface area contributed by atoms with E-state index in [1.165, 1.54) is 0 Å². The minimum absolute atomic E-state index is 0.0119.